The number of nitrogens with zero attached hydrogens (tertiary/aromatic N) is 1. The number of hydrogen-bond acceptors (Lipinski definition) is 4. The molecule has 4 nitrogen and oxygen atoms in total. The van der Waals surface area contributed by atoms with Crippen molar-refractivity contribution >= 4 is 62.9 Å². The first-order valence-corrected chi connectivity index (χ1v) is 8.54. The number of carboxylic acid groups (broad SMARTS) is 1. The number of thiophene rings is 1. The summed E-state index contributed by atoms with van der Waals surface area (Å²) in [5.74, 6) is -0.315. The van der Waals surface area contributed by atoms with E-state index in [2.05, 4.69) is 9.97 Å². The van der Waals surface area contributed by atoms with Gasteiger partial charge in [0.1, 0.15) is 20.2 Å². The number of carbonyl (C=O) groups is 1. The molecule has 0 bridgehead atoms. The fourth-order valence-electron chi connectivity index (χ4n) is 2.32. The molecule has 0 saturated heterocycles. The molecule has 0 aliphatic rings. The monoisotopic (exact) mass is 384 g/mol. The van der Waals surface area contributed by atoms with E-state index in [-0.39, 0.29) is 4.88 Å². The van der Waals surface area contributed by atoms with Gasteiger partial charge in [-0.25, -0.2) is 9.78 Å². The van der Waals surface area contributed by atoms with Crippen molar-refractivity contribution in [2.24, 2.45) is 0 Å². The van der Waals surface area contributed by atoms with Gasteiger partial charge in [0.2, 0.25) is 0 Å². The third-order valence-electron chi connectivity index (χ3n) is 3.40. The fourth-order valence-corrected chi connectivity index (χ4v) is 4.12. The molecule has 0 aliphatic carbocycles. The van der Waals surface area contributed by atoms with Crippen LogP contribution in [0.25, 0.3) is 10.2 Å². The molecular weight excluding hydrogens is 375 g/mol. The van der Waals surface area contributed by atoms with Crippen LogP contribution in [0.4, 0.5) is 0 Å². The summed E-state index contributed by atoms with van der Waals surface area (Å²) in [4.78, 5) is 19.7. The lowest BCUT2D eigenvalue weighted by Crippen LogP contribution is -1.97. The predicted molar refractivity (Wildman–Crippen MR) is 95.8 cm³/mol. The number of halogens is 2. The fraction of sp³-hybridized carbons (Fsp3) is 0.133. The molecule has 2 aromatic heterocycles. The molecule has 0 spiro atoms. The smallest absolute Gasteiger partial charge is 0.346 e. The second-order valence-electron chi connectivity index (χ2n) is 4.98. The third kappa shape index (κ3) is 3.12. The summed E-state index contributed by atoms with van der Waals surface area (Å²) in [6, 6.07) is 5.36. The Balaban J connectivity index is 2.07. The van der Waals surface area contributed by atoms with Crippen LogP contribution in [-0.2, 0) is 6.42 Å². The Labute approximate surface area is 150 Å². The molecular formula is C15H10Cl2N2O2S2. The van der Waals surface area contributed by atoms with E-state index in [1.165, 1.54) is 0 Å². The molecule has 0 saturated carbocycles. The second kappa shape index (κ2) is 6.20. The van der Waals surface area contributed by atoms with Crippen LogP contribution in [0.15, 0.2) is 18.2 Å². The first-order chi connectivity index (χ1) is 10.9. The standard InChI is InChI=1S/C15H10Cl2N2O2S2/c1-6-11-13(22)18-10(19-14(11)23-12(6)15(20)21)5-7-2-3-8(16)9(17)4-7/h2-4H,5H2,1H3,(H,20,21)(H,18,19,22). The Bertz CT molecular complexity index is 995. The number of aromatic carboxylic acids is 1. The SMILES string of the molecule is Cc1c(C(=O)O)sc2nc(Cc3ccc(Cl)c(Cl)c3)[nH]c(=S)c12. The molecule has 0 amide bonds. The minimum absolute atomic E-state index is 0.263. The van der Waals surface area contributed by atoms with Crippen LogP contribution in [0.3, 0.4) is 0 Å². The van der Waals surface area contributed by atoms with Gasteiger partial charge < -0.3 is 10.1 Å². The molecule has 2 N–H and O–H groups in total. The van der Waals surface area contributed by atoms with Crippen LogP contribution in [0.1, 0.15) is 26.6 Å². The number of aromatic amines is 1. The molecule has 8 heteroatoms. The first-order valence-electron chi connectivity index (χ1n) is 6.56. The summed E-state index contributed by atoms with van der Waals surface area (Å²) in [6.07, 6.45) is 0.496. The molecule has 2 heterocycles. The number of benzene rings is 1. The minimum atomic E-state index is -0.967. The molecule has 0 radical (unpaired) electrons. The summed E-state index contributed by atoms with van der Waals surface area (Å²) >= 11 is 18.4. The number of fused-ring (bicyclic) bond motifs is 1. The van der Waals surface area contributed by atoms with Crippen LogP contribution in [0.5, 0.6) is 0 Å². The van der Waals surface area contributed by atoms with Gasteiger partial charge in [0.05, 0.1) is 10.0 Å². The highest BCUT2D eigenvalue weighted by molar-refractivity contribution is 7.71. The maximum Gasteiger partial charge on any atom is 0.346 e. The molecule has 3 aromatic rings. The zero-order valence-corrected chi connectivity index (χ0v) is 15.0. The van der Waals surface area contributed by atoms with Crippen molar-refractivity contribution in [3.05, 3.63) is 54.7 Å². The molecule has 23 heavy (non-hydrogen) atoms. The Hall–Kier alpha value is -1.47. The van der Waals surface area contributed by atoms with Crippen LogP contribution in [0.2, 0.25) is 10.0 Å². The Morgan fingerprint density at radius 3 is 2.78 bits per heavy atom. The van der Waals surface area contributed by atoms with Crippen LogP contribution >= 0.6 is 46.8 Å². The van der Waals surface area contributed by atoms with Gasteiger partial charge in [0.25, 0.3) is 0 Å². The zero-order valence-electron chi connectivity index (χ0n) is 11.8. The van der Waals surface area contributed by atoms with Gasteiger partial charge in [0.15, 0.2) is 0 Å². The van der Waals surface area contributed by atoms with E-state index in [1.807, 2.05) is 6.07 Å². The topological polar surface area (TPSA) is 66.0 Å². The number of aromatic nitrogens is 2. The van der Waals surface area contributed by atoms with Crippen molar-refractivity contribution in [2.45, 2.75) is 13.3 Å². The lowest BCUT2D eigenvalue weighted by Gasteiger charge is -2.04. The summed E-state index contributed by atoms with van der Waals surface area (Å²) in [6.45, 7) is 1.74. The number of rotatable bonds is 3. The third-order valence-corrected chi connectivity index (χ3v) is 5.62. The highest BCUT2D eigenvalue weighted by atomic mass is 35.5. The van der Waals surface area contributed by atoms with Gasteiger partial charge in [-0.15, -0.1) is 11.3 Å². The summed E-state index contributed by atoms with van der Waals surface area (Å²) in [7, 11) is 0. The normalized spacial score (nSPS) is 11.1. The molecule has 0 aliphatic heterocycles. The van der Waals surface area contributed by atoms with Crippen LogP contribution < -0.4 is 0 Å². The maximum absolute atomic E-state index is 11.3. The molecule has 0 unspecified atom stereocenters. The van der Waals surface area contributed by atoms with Gasteiger partial charge >= 0.3 is 5.97 Å². The van der Waals surface area contributed by atoms with Gasteiger partial charge in [-0.2, -0.15) is 0 Å². The van der Waals surface area contributed by atoms with Gasteiger partial charge in [-0.1, -0.05) is 41.5 Å². The van der Waals surface area contributed by atoms with Crippen molar-refractivity contribution in [3.63, 3.8) is 0 Å². The van der Waals surface area contributed by atoms with Gasteiger partial charge in [-0.3, -0.25) is 0 Å². The largest absolute Gasteiger partial charge is 0.477 e. The van der Waals surface area contributed by atoms with E-state index < -0.39 is 5.97 Å². The Morgan fingerprint density at radius 2 is 2.13 bits per heavy atom. The summed E-state index contributed by atoms with van der Waals surface area (Å²) in [5, 5.41) is 10.9. The van der Waals surface area contributed by atoms with Crippen molar-refractivity contribution < 1.29 is 9.90 Å². The summed E-state index contributed by atoms with van der Waals surface area (Å²) in [5.41, 5.74) is 1.58. The van der Waals surface area contributed by atoms with Crippen molar-refractivity contribution in [1.29, 1.82) is 0 Å². The predicted octanol–water partition coefficient (Wildman–Crippen LogP) is 5.26. The molecule has 3 rings (SSSR count). The van der Waals surface area contributed by atoms with E-state index >= 15 is 0 Å². The Kier molecular flexibility index (Phi) is 4.42. The number of carboxylic acids is 1. The lowest BCUT2D eigenvalue weighted by atomic mass is 10.1. The van der Waals surface area contributed by atoms with Crippen molar-refractivity contribution in [1.82, 2.24) is 9.97 Å². The molecule has 0 fully saturated rings. The number of H-pyrrole nitrogens is 1. The van der Waals surface area contributed by atoms with E-state index in [0.717, 1.165) is 16.9 Å². The van der Waals surface area contributed by atoms with E-state index in [1.54, 1.807) is 19.1 Å². The summed E-state index contributed by atoms with van der Waals surface area (Å²) < 4.78 is 0.492. The zero-order chi connectivity index (χ0) is 16.7. The number of hydrogen-bond donors (Lipinski definition) is 2. The minimum Gasteiger partial charge on any atom is -0.477 e. The highest BCUT2D eigenvalue weighted by Gasteiger charge is 2.17. The van der Waals surface area contributed by atoms with E-state index in [4.69, 9.17) is 35.4 Å². The van der Waals surface area contributed by atoms with Crippen molar-refractivity contribution in [3.8, 4) is 0 Å². The first kappa shape index (κ1) is 16.4. The second-order valence-corrected chi connectivity index (χ2v) is 7.20. The molecule has 118 valence electrons. The van der Waals surface area contributed by atoms with E-state index in [9.17, 15) is 9.90 Å². The average Bonchev–Trinajstić information content (AvgIpc) is 2.80. The van der Waals surface area contributed by atoms with Gasteiger partial charge in [-0.05, 0) is 30.2 Å². The molecule has 0 atom stereocenters. The highest BCUT2D eigenvalue weighted by Crippen LogP contribution is 2.30. The lowest BCUT2D eigenvalue weighted by molar-refractivity contribution is 0.0701. The maximum atomic E-state index is 11.3. The van der Waals surface area contributed by atoms with Gasteiger partial charge in [0, 0.05) is 11.8 Å². The average molecular weight is 385 g/mol. The molecule has 1 aromatic carbocycles. The van der Waals surface area contributed by atoms with Crippen molar-refractivity contribution in [2.75, 3.05) is 0 Å². The van der Waals surface area contributed by atoms with Crippen LogP contribution in [0, 0.1) is 11.6 Å². The number of nitrogens with one attached hydrogen (secondary N) is 1. The quantitative estimate of drug-likeness (QED) is 0.604. The Morgan fingerprint density at radius 1 is 1.39 bits per heavy atom. The van der Waals surface area contributed by atoms with Crippen LogP contribution in [-0.4, -0.2) is 21.0 Å². The van der Waals surface area contributed by atoms with E-state index in [0.29, 0.717) is 42.7 Å². The number of aryl methyl sites for hydroxylation is 1.